The van der Waals surface area contributed by atoms with Gasteiger partial charge in [0.25, 0.3) is 0 Å². The minimum atomic E-state index is -1.12. The van der Waals surface area contributed by atoms with Gasteiger partial charge in [-0.3, -0.25) is 4.98 Å². The number of ether oxygens (including phenoxy) is 1. The highest BCUT2D eigenvalue weighted by molar-refractivity contribution is 6.30. The maximum Gasteiger partial charge on any atom is 0.337 e. The van der Waals surface area contributed by atoms with E-state index in [-0.39, 0.29) is 0 Å². The molecule has 1 N–H and O–H groups in total. The Labute approximate surface area is 211 Å². The molecule has 0 amide bonds. The van der Waals surface area contributed by atoms with Gasteiger partial charge < -0.3 is 9.84 Å². The average molecular weight is 488 g/mol. The van der Waals surface area contributed by atoms with E-state index in [1.165, 1.54) is 5.56 Å². The fourth-order valence-electron chi connectivity index (χ4n) is 4.37. The van der Waals surface area contributed by atoms with E-state index in [0.717, 1.165) is 46.1 Å². The Morgan fingerprint density at radius 1 is 1.00 bits per heavy atom. The molecule has 0 spiro atoms. The number of aromatic nitrogens is 1. The van der Waals surface area contributed by atoms with Gasteiger partial charge in [0.05, 0.1) is 11.1 Å². The summed E-state index contributed by atoms with van der Waals surface area (Å²) in [5.41, 5.74) is 5.62. The minimum Gasteiger partial charge on any atom is -0.479 e. The zero-order chi connectivity index (χ0) is 25.2. The topological polar surface area (TPSA) is 59.4 Å². The summed E-state index contributed by atoms with van der Waals surface area (Å²) in [5.74, 6) is -1.02. The second kappa shape index (κ2) is 10.2. The van der Waals surface area contributed by atoms with Crippen LogP contribution in [0, 0.1) is 6.92 Å². The molecule has 1 aromatic heterocycles. The third-order valence-corrected chi connectivity index (χ3v) is 6.15. The third-order valence-electron chi connectivity index (χ3n) is 5.90. The lowest BCUT2D eigenvalue weighted by Gasteiger charge is -2.28. The molecule has 4 rings (SSSR count). The van der Waals surface area contributed by atoms with E-state index in [0.29, 0.717) is 10.6 Å². The number of carboxylic acids is 1. The first-order valence-corrected chi connectivity index (χ1v) is 12.1. The fraction of sp³-hybridized carbons (Fsp3) is 0.267. The number of nitrogens with zero attached hydrogens (tertiary/aromatic N) is 1. The Kier molecular flexibility index (Phi) is 7.25. The molecule has 1 atom stereocenters. The predicted octanol–water partition coefficient (Wildman–Crippen LogP) is 7.59. The highest BCUT2D eigenvalue weighted by Gasteiger charge is 2.31. The number of carbonyl (C=O) groups is 1. The van der Waals surface area contributed by atoms with Crippen molar-refractivity contribution in [2.45, 2.75) is 52.2 Å². The van der Waals surface area contributed by atoms with Crippen LogP contribution in [-0.2, 0) is 22.4 Å². The van der Waals surface area contributed by atoms with Crippen molar-refractivity contribution < 1.29 is 14.6 Å². The minimum absolute atomic E-state index is 0.620. The van der Waals surface area contributed by atoms with Crippen LogP contribution in [0.3, 0.4) is 0 Å². The Hall–Kier alpha value is -3.21. The monoisotopic (exact) mass is 487 g/mol. The molecule has 0 aliphatic carbocycles. The average Bonchev–Trinajstić information content (AvgIpc) is 2.81. The number of carboxylic acid groups (broad SMARTS) is 1. The molecule has 1 heterocycles. The van der Waals surface area contributed by atoms with Gasteiger partial charge in [0, 0.05) is 21.7 Å². The zero-order valence-corrected chi connectivity index (χ0v) is 21.3. The van der Waals surface area contributed by atoms with Crippen LogP contribution in [0.25, 0.3) is 22.0 Å². The lowest BCUT2D eigenvalue weighted by molar-refractivity contribution is -0.160. The number of hydrogen-bond acceptors (Lipinski definition) is 3. The zero-order valence-electron chi connectivity index (χ0n) is 20.5. The summed E-state index contributed by atoms with van der Waals surface area (Å²) in [6, 6.07) is 23.9. The number of fused-ring (bicyclic) bond motifs is 1. The van der Waals surface area contributed by atoms with Gasteiger partial charge in [-0.1, -0.05) is 60.1 Å². The van der Waals surface area contributed by atoms with Crippen molar-refractivity contribution in [2.75, 3.05) is 0 Å². The summed E-state index contributed by atoms with van der Waals surface area (Å²) >= 11 is 6.16. The van der Waals surface area contributed by atoms with Gasteiger partial charge in [-0.05, 0) is 87.1 Å². The quantitative estimate of drug-likeness (QED) is 0.291. The van der Waals surface area contributed by atoms with Crippen LogP contribution >= 0.6 is 11.6 Å². The molecule has 0 saturated carbocycles. The fourth-order valence-corrected chi connectivity index (χ4v) is 4.50. The van der Waals surface area contributed by atoms with Crippen LogP contribution in [0.15, 0.2) is 72.8 Å². The molecule has 5 heteroatoms. The van der Waals surface area contributed by atoms with Crippen molar-refractivity contribution in [1.29, 1.82) is 0 Å². The molecule has 0 bridgehead atoms. The molecule has 35 heavy (non-hydrogen) atoms. The number of hydrogen-bond donors (Lipinski definition) is 1. The molecule has 4 aromatic rings. The number of pyridine rings is 1. The van der Waals surface area contributed by atoms with Gasteiger partial charge >= 0.3 is 5.97 Å². The van der Waals surface area contributed by atoms with Crippen LogP contribution in [0.5, 0.6) is 0 Å². The van der Waals surface area contributed by atoms with Crippen molar-refractivity contribution >= 4 is 28.5 Å². The van der Waals surface area contributed by atoms with Gasteiger partial charge in [-0.15, -0.1) is 0 Å². The van der Waals surface area contributed by atoms with E-state index in [2.05, 4.69) is 12.1 Å². The summed E-state index contributed by atoms with van der Waals surface area (Å²) in [7, 11) is 0. The Morgan fingerprint density at radius 2 is 1.69 bits per heavy atom. The predicted molar refractivity (Wildman–Crippen MR) is 142 cm³/mol. The first-order valence-electron chi connectivity index (χ1n) is 11.8. The molecule has 4 nitrogen and oxygen atoms in total. The van der Waals surface area contributed by atoms with Crippen molar-refractivity contribution in [3.63, 3.8) is 0 Å². The van der Waals surface area contributed by atoms with E-state index in [4.69, 9.17) is 21.3 Å². The molecular weight excluding hydrogens is 458 g/mol. The van der Waals surface area contributed by atoms with Crippen molar-refractivity contribution in [3.8, 4) is 11.1 Å². The van der Waals surface area contributed by atoms with Gasteiger partial charge in [-0.2, -0.15) is 0 Å². The number of aryl methyl sites for hydroxylation is 3. The van der Waals surface area contributed by atoms with Crippen molar-refractivity contribution in [3.05, 3.63) is 100 Å². The van der Waals surface area contributed by atoms with Gasteiger partial charge in [-0.25, -0.2) is 4.79 Å². The van der Waals surface area contributed by atoms with Crippen LogP contribution < -0.4 is 0 Å². The summed E-state index contributed by atoms with van der Waals surface area (Å²) in [4.78, 5) is 17.4. The van der Waals surface area contributed by atoms with E-state index in [1.807, 2.05) is 88.4 Å². The third kappa shape index (κ3) is 5.90. The van der Waals surface area contributed by atoms with Crippen LogP contribution in [-0.4, -0.2) is 21.7 Å². The first kappa shape index (κ1) is 24.9. The lowest BCUT2D eigenvalue weighted by Crippen LogP contribution is -2.28. The number of benzene rings is 3. The largest absolute Gasteiger partial charge is 0.479 e. The van der Waals surface area contributed by atoms with Gasteiger partial charge in [0.15, 0.2) is 6.10 Å². The number of aliphatic carboxylic acids is 1. The van der Waals surface area contributed by atoms with Crippen molar-refractivity contribution in [2.24, 2.45) is 0 Å². The molecule has 0 fully saturated rings. The summed E-state index contributed by atoms with van der Waals surface area (Å²) in [5, 5.41) is 11.7. The first-order chi connectivity index (χ1) is 16.6. The maximum absolute atomic E-state index is 12.4. The molecule has 1 unspecified atom stereocenters. The molecule has 3 aromatic carbocycles. The normalized spacial score (nSPS) is 12.6. The van der Waals surface area contributed by atoms with Gasteiger partial charge in [0.1, 0.15) is 0 Å². The Bertz CT molecular complexity index is 1340. The number of rotatable bonds is 7. The maximum atomic E-state index is 12.4. The molecule has 0 saturated heterocycles. The number of halogens is 1. The van der Waals surface area contributed by atoms with Crippen molar-refractivity contribution in [1.82, 2.24) is 4.98 Å². The lowest BCUT2D eigenvalue weighted by atomic mass is 9.88. The molecule has 180 valence electrons. The molecule has 0 aliphatic rings. The Morgan fingerprint density at radius 3 is 2.31 bits per heavy atom. The van der Waals surface area contributed by atoms with Crippen LogP contribution in [0.4, 0.5) is 0 Å². The van der Waals surface area contributed by atoms with Crippen LogP contribution in [0.1, 0.15) is 49.3 Å². The van der Waals surface area contributed by atoms with E-state index >= 15 is 0 Å². The SMILES string of the molecule is Cc1cc2nc(CCc3ccccc3)ccc2c(-c2ccc(Cl)cc2)c1C(OC(C)(C)C)C(=O)O. The standard InChI is InChI=1S/C30H30ClNO3/c1-19-18-25-24(17-16-23(32-25)15-10-20-8-6-5-7-9-20)27(21-11-13-22(31)14-12-21)26(19)28(29(33)34)35-30(2,3)4/h5-9,11-14,16-18,28H,10,15H2,1-4H3,(H,33,34). The van der Waals surface area contributed by atoms with E-state index in [1.54, 1.807) is 0 Å². The molecular formula is C30H30ClNO3. The van der Waals surface area contributed by atoms with Crippen LogP contribution in [0.2, 0.25) is 5.02 Å². The highest BCUT2D eigenvalue weighted by atomic mass is 35.5. The smallest absolute Gasteiger partial charge is 0.337 e. The molecule has 0 aliphatic heterocycles. The van der Waals surface area contributed by atoms with E-state index in [9.17, 15) is 9.90 Å². The summed E-state index contributed by atoms with van der Waals surface area (Å²) in [6.45, 7) is 7.51. The molecule has 0 radical (unpaired) electrons. The Balaban J connectivity index is 1.87. The van der Waals surface area contributed by atoms with E-state index < -0.39 is 17.7 Å². The second-order valence-corrected chi connectivity index (χ2v) is 10.2. The van der Waals surface area contributed by atoms with Gasteiger partial charge in [0.2, 0.25) is 0 Å². The highest BCUT2D eigenvalue weighted by Crippen LogP contribution is 2.40. The summed E-state index contributed by atoms with van der Waals surface area (Å²) < 4.78 is 6.07. The second-order valence-electron chi connectivity index (χ2n) is 9.79. The summed E-state index contributed by atoms with van der Waals surface area (Å²) in [6.07, 6.45) is 0.603.